The van der Waals surface area contributed by atoms with Gasteiger partial charge in [0.05, 0.1) is 11.3 Å². The van der Waals surface area contributed by atoms with Crippen LogP contribution in [0.4, 0.5) is 11.5 Å². The zero-order valence-corrected chi connectivity index (χ0v) is 16.2. The first-order chi connectivity index (χ1) is 14.1. The van der Waals surface area contributed by atoms with E-state index in [0.29, 0.717) is 16.3 Å². The van der Waals surface area contributed by atoms with E-state index in [4.69, 9.17) is 5.73 Å². The predicted octanol–water partition coefficient (Wildman–Crippen LogP) is 3.90. The molecule has 144 valence electrons. The number of anilines is 2. The molecule has 0 bridgehead atoms. The summed E-state index contributed by atoms with van der Waals surface area (Å²) in [5.41, 5.74) is 7.44. The lowest BCUT2D eigenvalue weighted by atomic mass is 10.1. The average Bonchev–Trinajstić information content (AvgIpc) is 2.73. The maximum absolute atomic E-state index is 12.5. The molecule has 4 rings (SSSR count). The summed E-state index contributed by atoms with van der Waals surface area (Å²) < 4.78 is 0. The Bertz CT molecular complexity index is 1230. The number of benzene rings is 3. The van der Waals surface area contributed by atoms with Gasteiger partial charge in [0.1, 0.15) is 5.82 Å². The molecule has 0 unspecified atom stereocenters. The lowest BCUT2D eigenvalue weighted by Crippen LogP contribution is -2.17. The highest BCUT2D eigenvalue weighted by molar-refractivity contribution is 7.99. The standard InChI is InChI=1S/C22H18N4O2S/c23-20-19(15-8-2-1-3-9-15)21(28)26-22(25-20)29-13-18(27)24-17-12-6-10-14-7-4-5-11-16(14)17/h1-12H,13H2,(H,24,27)(H3,23,25,26,28). The first-order valence-electron chi connectivity index (χ1n) is 8.97. The molecule has 0 atom stereocenters. The molecule has 6 nitrogen and oxygen atoms in total. The van der Waals surface area contributed by atoms with Crippen molar-refractivity contribution in [3.8, 4) is 11.1 Å². The summed E-state index contributed by atoms with van der Waals surface area (Å²) in [5, 5.41) is 5.23. The van der Waals surface area contributed by atoms with Gasteiger partial charge in [-0.1, -0.05) is 78.5 Å². The van der Waals surface area contributed by atoms with Gasteiger partial charge >= 0.3 is 0 Å². The van der Waals surface area contributed by atoms with Gasteiger partial charge in [0.2, 0.25) is 5.91 Å². The molecule has 1 amide bonds. The van der Waals surface area contributed by atoms with Crippen molar-refractivity contribution in [1.82, 2.24) is 9.97 Å². The third-order valence-corrected chi connectivity index (χ3v) is 5.27. The number of carbonyl (C=O) groups is 1. The zero-order chi connectivity index (χ0) is 20.2. The Labute approximate surface area is 171 Å². The van der Waals surface area contributed by atoms with E-state index in [1.165, 1.54) is 0 Å². The molecular formula is C22H18N4O2S. The number of nitrogens with zero attached hydrogens (tertiary/aromatic N) is 1. The van der Waals surface area contributed by atoms with Crippen LogP contribution in [0.2, 0.25) is 0 Å². The summed E-state index contributed by atoms with van der Waals surface area (Å²) in [7, 11) is 0. The molecule has 1 heterocycles. The van der Waals surface area contributed by atoms with Crippen LogP contribution < -0.4 is 16.6 Å². The van der Waals surface area contributed by atoms with Crippen LogP contribution in [0.1, 0.15) is 0 Å². The largest absolute Gasteiger partial charge is 0.383 e. The normalized spacial score (nSPS) is 10.8. The van der Waals surface area contributed by atoms with Gasteiger partial charge in [-0.2, -0.15) is 0 Å². The van der Waals surface area contributed by atoms with Gasteiger partial charge in [-0.15, -0.1) is 0 Å². The number of fused-ring (bicyclic) bond motifs is 1. The smallest absolute Gasteiger partial charge is 0.261 e. The van der Waals surface area contributed by atoms with E-state index < -0.39 is 0 Å². The van der Waals surface area contributed by atoms with Crippen LogP contribution in [-0.2, 0) is 4.79 Å². The molecule has 7 heteroatoms. The highest BCUT2D eigenvalue weighted by atomic mass is 32.2. The molecule has 1 aromatic heterocycles. The van der Waals surface area contributed by atoms with E-state index in [1.54, 1.807) is 12.1 Å². The number of rotatable bonds is 5. The van der Waals surface area contributed by atoms with E-state index in [2.05, 4.69) is 15.3 Å². The molecule has 0 spiro atoms. The molecule has 0 saturated carbocycles. The van der Waals surface area contributed by atoms with Crippen molar-refractivity contribution in [2.75, 3.05) is 16.8 Å². The van der Waals surface area contributed by atoms with Crippen LogP contribution >= 0.6 is 11.8 Å². The molecule has 0 saturated heterocycles. The SMILES string of the molecule is Nc1nc(SCC(=O)Nc2cccc3ccccc23)[nH]c(=O)c1-c1ccccc1. The van der Waals surface area contributed by atoms with Crippen LogP contribution in [0, 0.1) is 0 Å². The number of aromatic amines is 1. The molecule has 0 fully saturated rings. The van der Waals surface area contributed by atoms with Gasteiger partial charge in [-0.3, -0.25) is 9.59 Å². The third kappa shape index (κ3) is 4.14. The molecule has 4 aromatic rings. The topological polar surface area (TPSA) is 101 Å². The lowest BCUT2D eigenvalue weighted by molar-refractivity contribution is -0.113. The van der Waals surface area contributed by atoms with Gasteiger partial charge in [-0.05, 0) is 17.0 Å². The van der Waals surface area contributed by atoms with Gasteiger partial charge in [0.15, 0.2) is 5.16 Å². The maximum atomic E-state index is 12.5. The van der Waals surface area contributed by atoms with Gasteiger partial charge in [0.25, 0.3) is 5.56 Å². The first kappa shape index (κ1) is 18.8. The molecule has 3 aromatic carbocycles. The average molecular weight is 402 g/mol. The quantitative estimate of drug-likeness (QED) is 0.347. The monoisotopic (exact) mass is 402 g/mol. The van der Waals surface area contributed by atoms with Gasteiger partial charge in [-0.25, -0.2) is 4.98 Å². The Balaban J connectivity index is 1.48. The number of nitrogens with one attached hydrogen (secondary N) is 2. The fourth-order valence-corrected chi connectivity index (χ4v) is 3.74. The second-order valence-electron chi connectivity index (χ2n) is 6.36. The number of nitrogen functional groups attached to an aromatic ring is 1. The highest BCUT2D eigenvalue weighted by Gasteiger charge is 2.13. The van der Waals surface area contributed by atoms with Crippen molar-refractivity contribution in [3.05, 3.63) is 83.2 Å². The minimum atomic E-state index is -0.333. The Morgan fingerprint density at radius 2 is 1.72 bits per heavy atom. The van der Waals surface area contributed by atoms with Gasteiger partial charge < -0.3 is 16.0 Å². The molecule has 0 aliphatic rings. The number of hydrogen-bond donors (Lipinski definition) is 3. The van der Waals surface area contributed by atoms with Crippen LogP contribution in [0.5, 0.6) is 0 Å². The number of hydrogen-bond acceptors (Lipinski definition) is 5. The number of amides is 1. The van der Waals surface area contributed by atoms with Crippen molar-refractivity contribution in [2.24, 2.45) is 0 Å². The second kappa shape index (κ2) is 8.20. The van der Waals surface area contributed by atoms with E-state index in [0.717, 1.165) is 28.2 Å². The highest BCUT2D eigenvalue weighted by Crippen LogP contribution is 2.24. The summed E-state index contributed by atoms with van der Waals surface area (Å²) in [6.45, 7) is 0. The Kier molecular flexibility index (Phi) is 5.31. The van der Waals surface area contributed by atoms with E-state index >= 15 is 0 Å². The summed E-state index contributed by atoms with van der Waals surface area (Å²) in [5.74, 6) is 0.0349. The Morgan fingerprint density at radius 1 is 1.00 bits per heavy atom. The number of thioether (sulfide) groups is 1. The zero-order valence-electron chi connectivity index (χ0n) is 15.4. The summed E-state index contributed by atoms with van der Waals surface area (Å²) in [6.07, 6.45) is 0. The molecule has 29 heavy (non-hydrogen) atoms. The number of carbonyl (C=O) groups excluding carboxylic acids is 1. The first-order valence-corrected chi connectivity index (χ1v) is 9.96. The van der Waals surface area contributed by atoms with E-state index in [9.17, 15) is 9.59 Å². The predicted molar refractivity (Wildman–Crippen MR) is 118 cm³/mol. The number of nitrogens with two attached hydrogens (primary N) is 1. The Hall–Kier alpha value is -3.58. The number of H-pyrrole nitrogens is 1. The van der Waals surface area contributed by atoms with Crippen LogP contribution in [0.3, 0.4) is 0 Å². The van der Waals surface area contributed by atoms with Crippen molar-refractivity contribution in [1.29, 1.82) is 0 Å². The van der Waals surface area contributed by atoms with Crippen LogP contribution in [0.15, 0.2) is 82.7 Å². The van der Waals surface area contributed by atoms with Crippen LogP contribution in [-0.4, -0.2) is 21.6 Å². The summed E-state index contributed by atoms with van der Waals surface area (Å²) >= 11 is 1.13. The van der Waals surface area contributed by atoms with Crippen molar-refractivity contribution in [3.63, 3.8) is 0 Å². The maximum Gasteiger partial charge on any atom is 0.261 e. The number of aromatic nitrogens is 2. The summed E-state index contributed by atoms with van der Waals surface area (Å²) in [6, 6.07) is 22.7. The molecule has 0 radical (unpaired) electrons. The molecule has 0 aliphatic carbocycles. The van der Waals surface area contributed by atoms with E-state index in [-0.39, 0.29) is 23.0 Å². The lowest BCUT2D eigenvalue weighted by Gasteiger charge is -2.09. The van der Waals surface area contributed by atoms with Gasteiger partial charge in [0, 0.05) is 11.1 Å². The molecule has 4 N–H and O–H groups in total. The molecule has 0 aliphatic heterocycles. The van der Waals surface area contributed by atoms with E-state index in [1.807, 2.05) is 60.7 Å². The minimum Gasteiger partial charge on any atom is -0.383 e. The van der Waals surface area contributed by atoms with Crippen molar-refractivity contribution in [2.45, 2.75) is 5.16 Å². The fourth-order valence-electron chi connectivity index (χ4n) is 3.08. The molecular weight excluding hydrogens is 384 g/mol. The fraction of sp³-hybridized carbons (Fsp3) is 0.0455. The summed E-state index contributed by atoms with van der Waals surface area (Å²) in [4.78, 5) is 31.8. The second-order valence-corrected chi connectivity index (χ2v) is 7.32. The van der Waals surface area contributed by atoms with Crippen molar-refractivity contribution >= 4 is 39.9 Å². The minimum absolute atomic E-state index is 0.0935. The van der Waals surface area contributed by atoms with Crippen LogP contribution in [0.25, 0.3) is 21.9 Å². The Morgan fingerprint density at radius 3 is 2.52 bits per heavy atom. The van der Waals surface area contributed by atoms with Crippen molar-refractivity contribution < 1.29 is 4.79 Å². The third-order valence-electron chi connectivity index (χ3n) is 4.39.